The predicted octanol–water partition coefficient (Wildman–Crippen LogP) is 1.26. The average molecular weight is 320 g/mol. The van der Waals surface area contributed by atoms with Gasteiger partial charge in [0, 0.05) is 12.6 Å². The van der Waals surface area contributed by atoms with Gasteiger partial charge >= 0.3 is 0 Å². The minimum Gasteiger partial charge on any atom is -0.454 e. The van der Waals surface area contributed by atoms with E-state index in [1.165, 1.54) is 0 Å². The molecule has 1 aromatic heterocycles. The van der Waals surface area contributed by atoms with Gasteiger partial charge in [0.05, 0.1) is 0 Å². The summed E-state index contributed by atoms with van der Waals surface area (Å²) in [4.78, 5) is 27.7. The second kappa shape index (κ2) is 5.53. The van der Waals surface area contributed by atoms with Crippen LogP contribution in [0, 0.1) is 0 Å². The smallest absolute Gasteiger partial charge is 0.270 e. The molecule has 4 N–H and O–H groups in total. The Labute approximate surface area is 129 Å². The first-order chi connectivity index (χ1) is 10.6. The molecule has 0 bridgehead atoms. The fraction of sp³-hybridized carbons (Fsp3) is 0.154. The minimum absolute atomic E-state index is 0.0171. The molecule has 0 radical (unpaired) electrons. The maximum absolute atomic E-state index is 12.3. The number of carbonyl (C=O) groups excluding carboxylic acids is 2. The van der Waals surface area contributed by atoms with E-state index in [1.807, 2.05) is 0 Å². The van der Waals surface area contributed by atoms with Crippen molar-refractivity contribution in [1.29, 1.82) is 0 Å². The largest absolute Gasteiger partial charge is 0.454 e. The van der Waals surface area contributed by atoms with Gasteiger partial charge < -0.3 is 25.8 Å². The maximum Gasteiger partial charge on any atom is 0.270 e. The topological polar surface area (TPSA) is 116 Å². The third kappa shape index (κ3) is 2.53. The molecular formula is C13H12N4O4S. The molecule has 0 fully saturated rings. The van der Waals surface area contributed by atoms with Crippen molar-refractivity contribution in [2.45, 2.75) is 0 Å². The number of carbonyl (C=O) groups is 2. The number of thiazole rings is 1. The van der Waals surface area contributed by atoms with E-state index in [-0.39, 0.29) is 12.5 Å². The molecule has 0 atom stereocenters. The van der Waals surface area contributed by atoms with Gasteiger partial charge in [0.1, 0.15) is 5.00 Å². The molecule has 0 saturated heterocycles. The number of aromatic nitrogens is 1. The van der Waals surface area contributed by atoms with Crippen LogP contribution in [0.4, 0.5) is 10.1 Å². The summed E-state index contributed by atoms with van der Waals surface area (Å²) >= 11 is 1.13. The molecule has 22 heavy (non-hydrogen) atoms. The zero-order valence-corrected chi connectivity index (χ0v) is 12.3. The number of anilines is 2. The first-order valence-electron chi connectivity index (χ1n) is 6.28. The number of hydrogen-bond donors (Lipinski definition) is 3. The van der Waals surface area contributed by atoms with Gasteiger partial charge in [0.2, 0.25) is 6.79 Å². The first-order valence-corrected chi connectivity index (χ1v) is 7.09. The van der Waals surface area contributed by atoms with Crippen LogP contribution in [0.15, 0.2) is 18.2 Å². The van der Waals surface area contributed by atoms with E-state index in [9.17, 15) is 9.59 Å². The highest BCUT2D eigenvalue weighted by Gasteiger charge is 2.20. The SMILES string of the molecule is CNc1nc(C(N)=O)c(NC(=O)c2ccc3c(c2)OCO3)s1. The van der Waals surface area contributed by atoms with E-state index in [0.717, 1.165) is 11.3 Å². The van der Waals surface area contributed by atoms with E-state index in [4.69, 9.17) is 15.2 Å². The number of rotatable bonds is 4. The average Bonchev–Trinajstić information content (AvgIpc) is 3.12. The van der Waals surface area contributed by atoms with Gasteiger partial charge in [0.25, 0.3) is 11.8 Å². The molecule has 1 aliphatic heterocycles. The normalized spacial score (nSPS) is 12.0. The van der Waals surface area contributed by atoms with Crippen molar-refractivity contribution >= 4 is 33.3 Å². The third-order valence-corrected chi connectivity index (χ3v) is 3.92. The summed E-state index contributed by atoms with van der Waals surface area (Å²) in [7, 11) is 1.66. The molecule has 0 unspecified atom stereocenters. The Balaban J connectivity index is 1.85. The molecule has 9 heteroatoms. The summed E-state index contributed by atoms with van der Waals surface area (Å²) < 4.78 is 10.4. The van der Waals surface area contributed by atoms with Crippen molar-refractivity contribution in [3.05, 3.63) is 29.5 Å². The summed E-state index contributed by atoms with van der Waals surface area (Å²) in [6.45, 7) is 0.132. The van der Waals surface area contributed by atoms with Crippen LogP contribution in [0.3, 0.4) is 0 Å². The Bertz CT molecular complexity index is 758. The zero-order chi connectivity index (χ0) is 15.7. The summed E-state index contributed by atoms with van der Waals surface area (Å²) in [6, 6.07) is 4.83. The van der Waals surface area contributed by atoms with Gasteiger partial charge in [0.15, 0.2) is 22.3 Å². The number of ether oxygens (including phenoxy) is 2. The van der Waals surface area contributed by atoms with Crippen molar-refractivity contribution in [3.63, 3.8) is 0 Å². The highest BCUT2D eigenvalue weighted by molar-refractivity contribution is 7.20. The van der Waals surface area contributed by atoms with Crippen LogP contribution < -0.4 is 25.8 Å². The molecule has 0 saturated carbocycles. The number of fused-ring (bicyclic) bond motifs is 1. The molecule has 114 valence electrons. The standard InChI is InChI=1S/C13H12N4O4S/c1-15-13-16-9(10(14)18)12(22-13)17-11(19)6-2-3-7-8(4-6)21-5-20-7/h2-4H,5H2,1H3,(H2,14,18)(H,15,16)(H,17,19). The van der Waals surface area contributed by atoms with Crippen LogP contribution in [-0.2, 0) is 0 Å². The van der Waals surface area contributed by atoms with Crippen molar-refractivity contribution in [1.82, 2.24) is 4.98 Å². The van der Waals surface area contributed by atoms with Crippen LogP contribution in [0.25, 0.3) is 0 Å². The molecule has 2 amide bonds. The lowest BCUT2D eigenvalue weighted by atomic mass is 10.2. The number of hydrogen-bond acceptors (Lipinski definition) is 7. The Morgan fingerprint density at radius 3 is 2.82 bits per heavy atom. The van der Waals surface area contributed by atoms with Gasteiger partial charge in [-0.25, -0.2) is 4.98 Å². The summed E-state index contributed by atoms with van der Waals surface area (Å²) in [6.07, 6.45) is 0. The Hall–Kier alpha value is -2.81. The molecule has 0 spiro atoms. The van der Waals surface area contributed by atoms with Crippen molar-refractivity contribution in [3.8, 4) is 11.5 Å². The van der Waals surface area contributed by atoms with Gasteiger partial charge in [-0.1, -0.05) is 11.3 Å². The molecule has 8 nitrogen and oxygen atoms in total. The Kier molecular flexibility index (Phi) is 3.55. The number of nitrogens with two attached hydrogens (primary N) is 1. The molecule has 1 aliphatic rings. The van der Waals surface area contributed by atoms with E-state index in [0.29, 0.717) is 27.2 Å². The quantitative estimate of drug-likeness (QED) is 0.781. The predicted molar refractivity (Wildman–Crippen MR) is 80.7 cm³/mol. The van der Waals surface area contributed by atoms with Crippen LogP contribution in [-0.4, -0.2) is 30.6 Å². The van der Waals surface area contributed by atoms with Crippen molar-refractivity contribution in [2.75, 3.05) is 24.5 Å². The van der Waals surface area contributed by atoms with E-state index < -0.39 is 11.8 Å². The van der Waals surface area contributed by atoms with E-state index in [2.05, 4.69) is 15.6 Å². The van der Waals surface area contributed by atoms with Crippen molar-refractivity contribution in [2.24, 2.45) is 5.73 Å². The van der Waals surface area contributed by atoms with Crippen LogP contribution >= 0.6 is 11.3 Å². The fourth-order valence-electron chi connectivity index (χ4n) is 1.89. The molecule has 2 heterocycles. The summed E-state index contributed by atoms with van der Waals surface area (Å²) in [5.74, 6) is -0.0153. The summed E-state index contributed by atoms with van der Waals surface area (Å²) in [5, 5.41) is 6.21. The number of nitrogens with one attached hydrogen (secondary N) is 2. The minimum atomic E-state index is -0.710. The monoisotopic (exact) mass is 320 g/mol. The number of amides is 2. The Morgan fingerprint density at radius 1 is 1.32 bits per heavy atom. The van der Waals surface area contributed by atoms with E-state index >= 15 is 0 Å². The van der Waals surface area contributed by atoms with Crippen LogP contribution in [0.1, 0.15) is 20.8 Å². The number of nitrogens with zero attached hydrogens (tertiary/aromatic N) is 1. The van der Waals surface area contributed by atoms with E-state index in [1.54, 1.807) is 25.2 Å². The Morgan fingerprint density at radius 2 is 2.09 bits per heavy atom. The fourth-order valence-corrected chi connectivity index (χ4v) is 2.71. The second-order valence-electron chi connectivity index (χ2n) is 4.33. The zero-order valence-electron chi connectivity index (χ0n) is 11.5. The molecule has 1 aromatic carbocycles. The maximum atomic E-state index is 12.3. The van der Waals surface area contributed by atoms with Gasteiger partial charge in [-0.05, 0) is 18.2 Å². The van der Waals surface area contributed by atoms with Gasteiger partial charge in [-0.15, -0.1) is 0 Å². The highest BCUT2D eigenvalue weighted by Crippen LogP contribution is 2.33. The first kappa shape index (κ1) is 14.1. The molecule has 2 aromatic rings. The van der Waals surface area contributed by atoms with Gasteiger partial charge in [-0.2, -0.15) is 0 Å². The lowest BCUT2D eigenvalue weighted by Crippen LogP contribution is -2.17. The molecule has 0 aliphatic carbocycles. The molecule has 3 rings (SSSR count). The van der Waals surface area contributed by atoms with Crippen LogP contribution in [0.2, 0.25) is 0 Å². The van der Waals surface area contributed by atoms with Gasteiger partial charge in [-0.3, -0.25) is 9.59 Å². The highest BCUT2D eigenvalue weighted by atomic mass is 32.1. The second-order valence-corrected chi connectivity index (χ2v) is 5.33. The lowest BCUT2D eigenvalue weighted by Gasteiger charge is -2.04. The molecular weight excluding hydrogens is 308 g/mol. The number of benzene rings is 1. The third-order valence-electron chi connectivity index (χ3n) is 2.94. The summed E-state index contributed by atoms with van der Waals surface area (Å²) in [5.41, 5.74) is 5.65. The van der Waals surface area contributed by atoms with Crippen LogP contribution in [0.5, 0.6) is 11.5 Å². The lowest BCUT2D eigenvalue weighted by molar-refractivity contribution is 0.0997. The van der Waals surface area contributed by atoms with Crippen molar-refractivity contribution < 1.29 is 19.1 Å². The number of primary amides is 1.